The molecule has 0 bridgehead atoms. The monoisotopic (exact) mass is 340 g/mol. The topological polar surface area (TPSA) is 203 Å². The van der Waals surface area contributed by atoms with Gasteiger partial charge in [-0.1, -0.05) is 0 Å². The second kappa shape index (κ2) is 6.05. The molecule has 0 aromatic carbocycles. The molecule has 0 unspecified atom stereocenters. The van der Waals surface area contributed by atoms with Crippen molar-refractivity contribution in [2.45, 2.75) is 24.1 Å². The average Bonchev–Trinajstić information content (AvgIpc) is 2.47. The first-order valence-electron chi connectivity index (χ1n) is 4.99. The molecule has 0 aromatic heterocycles. The Morgan fingerprint density at radius 2 is 1.55 bits per heavy atom. The highest BCUT2D eigenvalue weighted by atomic mass is 31.2. The lowest BCUT2D eigenvalue weighted by Crippen LogP contribution is -2.52. The lowest BCUT2D eigenvalue weighted by molar-refractivity contribution is -0.189. The highest BCUT2D eigenvalue weighted by Gasteiger charge is 2.56. The van der Waals surface area contributed by atoms with Crippen LogP contribution in [-0.2, 0) is 22.9 Å². The predicted molar refractivity (Wildman–Crippen MR) is 57.8 cm³/mol. The first kappa shape index (κ1) is 18.1. The summed E-state index contributed by atoms with van der Waals surface area (Å²) in [5.41, 5.74) is -2.59. The minimum atomic E-state index is -4.97. The summed E-state index contributed by atoms with van der Waals surface area (Å²) in [6.07, 6.45) is -5.60. The molecule has 1 heterocycles. The molecule has 1 aliphatic heterocycles. The van der Waals surface area contributed by atoms with Crippen LogP contribution >= 0.6 is 15.6 Å². The van der Waals surface area contributed by atoms with Crippen molar-refractivity contribution >= 4 is 15.6 Å². The largest absolute Gasteiger partial charge is 0.469 e. The summed E-state index contributed by atoms with van der Waals surface area (Å²) in [4.78, 5) is 33.9. The van der Waals surface area contributed by atoms with Crippen LogP contribution in [0.25, 0.3) is 0 Å². The fraction of sp³-hybridized carbons (Fsp3) is 1.00. The Morgan fingerprint density at radius 1 is 1.05 bits per heavy atom. The number of phosphoric acid groups is 2. The van der Waals surface area contributed by atoms with Crippen LogP contribution in [0.5, 0.6) is 0 Å². The van der Waals surface area contributed by atoms with Crippen molar-refractivity contribution in [2.24, 2.45) is 0 Å². The van der Waals surface area contributed by atoms with E-state index in [0.29, 0.717) is 0 Å². The van der Waals surface area contributed by atoms with Crippen molar-refractivity contribution in [3.63, 3.8) is 0 Å². The maximum atomic E-state index is 10.5. The molecule has 0 radical (unpaired) electrons. The van der Waals surface area contributed by atoms with Crippen molar-refractivity contribution in [2.75, 3.05) is 13.2 Å². The molecule has 0 aliphatic carbocycles. The van der Waals surface area contributed by atoms with Crippen molar-refractivity contribution in [1.82, 2.24) is 0 Å². The van der Waals surface area contributed by atoms with Crippen LogP contribution < -0.4 is 0 Å². The normalized spacial score (nSPS) is 35.5. The Hall–Kier alpha value is 0.0600. The number of rotatable bonds is 6. The van der Waals surface area contributed by atoms with Crippen molar-refractivity contribution in [1.29, 1.82) is 0 Å². The Kier molecular flexibility index (Phi) is 5.48. The van der Waals surface area contributed by atoms with Gasteiger partial charge >= 0.3 is 15.6 Å². The van der Waals surface area contributed by atoms with E-state index in [1.54, 1.807) is 0 Å². The maximum Gasteiger partial charge on any atom is 0.469 e. The van der Waals surface area contributed by atoms with Crippen LogP contribution in [0.4, 0.5) is 0 Å². The van der Waals surface area contributed by atoms with Gasteiger partial charge in [-0.05, 0) is 0 Å². The molecule has 0 aromatic rings. The van der Waals surface area contributed by atoms with Gasteiger partial charge in [0.1, 0.15) is 12.2 Å². The quantitative estimate of drug-likeness (QED) is 0.242. The SMILES string of the molecule is O=P(O)(O)OC[C@H]1O[C@@H](O)[C@@](O)(COP(=O)(O)O)[C@@H]1O. The molecule has 1 fully saturated rings. The predicted octanol–water partition coefficient (Wildman–Crippen LogP) is -2.99. The zero-order valence-corrected chi connectivity index (χ0v) is 11.5. The summed E-state index contributed by atoms with van der Waals surface area (Å²) in [6, 6.07) is 0. The van der Waals surface area contributed by atoms with Crippen LogP contribution in [0.1, 0.15) is 0 Å². The summed E-state index contributed by atoms with van der Waals surface area (Å²) < 4.78 is 33.6. The summed E-state index contributed by atoms with van der Waals surface area (Å²) in [6.45, 7) is -2.05. The third-order valence-electron chi connectivity index (χ3n) is 2.47. The highest BCUT2D eigenvalue weighted by Crippen LogP contribution is 2.41. The Morgan fingerprint density at radius 3 is 2.00 bits per heavy atom. The molecule has 1 aliphatic rings. The van der Waals surface area contributed by atoms with E-state index in [0.717, 1.165) is 0 Å². The summed E-state index contributed by atoms with van der Waals surface area (Å²) in [5.74, 6) is 0. The molecule has 0 saturated carbocycles. The molecule has 20 heavy (non-hydrogen) atoms. The van der Waals surface area contributed by atoms with Gasteiger partial charge in [0.05, 0.1) is 13.2 Å². The molecule has 0 spiro atoms. The van der Waals surface area contributed by atoms with E-state index in [4.69, 9.17) is 19.6 Å². The smallest absolute Gasteiger partial charge is 0.387 e. The maximum absolute atomic E-state index is 10.5. The minimum absolute atomic E-state index is 0.874. The zero-order chi connectivity index (χ0) is 15.8. The van der Waals surface area contributed by atoms with Gasteiger partial charge in [0.25, 0.3) is 0 Å². The van der Waals surface area contributed by atoms with E-state index in [1.165, 1.54) is 0 Å². The first-order chi connectivity index (χ1) is 8.85. The van der Waals surface area contributed by atoms with Gasteiger partial charge in [-0.15, -0.1) is 0 Å². The molecule has 1 saturated heterocycles. The third kappa shape index (κ3) is 4.81. The first-order valence-corrected chi connectivity index (χ1v) is 8.05. The third-order valence-corrected chi connectivity index (χ3v) is 3.42. The van der Waals surface area contributed by atoms with Gasteiger partial charge in [0.15, 0.2) is 11.9 Å². The van der Waals surface area contributed by atoms with Crippen LogP contribution in [0.2, 0.25) is 0 Å². The molecule has 0 amide bonds. The van der Waals surface area contributed by atoms with Crippen LogP contribution in [0.15, 0.2) is 0 Å². The number of phosphoric ester groups is 2. The Labute approximate surface area is 112 Å². The van der Waals surface area contributed by atoms with E-state index >= 15 is 0 Å². The van der Waals surface area contributed by atoms with Crippen LogP contribution in [0.3, 0.4) is 0 Å². The van der Waals surface area contributed by atoms with Gasteiger partial charge in [-0.2, -0.15) is 0 Å². The number of ether oxygens (including phenoxy) is 1. The summed E-state index contributed by atoms with van der Waals surface area (Å²) >= 11 is 0. The second-order valence-corrected chi connectivity index (χ2v) is 6.49. The number of hydrogen-bond donors (Lipinski definition) is 7. The van der Waals surface area contributed by atoms with Gasteiger partial charge in [-0.3, -0.25) is 9.05 Å². The van der Waals surface area contributed by atoms with Gasteiger partial charge in [0.2, 0.25) is 0 Å². The minimum Gasteiger partial charge on any atom is -0.387 e. The molecule has 7 N–H and O–H groups in total. The van der Waals surface area contributed by atoms with E-state index in [1.807, 2.05) is 0 Å². The molecule has 1 rings (SSSR count). The Bertz CT molecular complexity index is 428. The number of hydrogen-bond acceptors (Lipinski definition) is 8. The average molecular weight is 340 g/mol. The van der Waals surface area contributed by atoms with E-state index in [-0.39, 0.29) is 0 Å². The van der Waals surface area contributed by atoms with Crippen molar-refractivity contribution in [3.8, 4) is 0 Å². The number of aliphatic hydroxyl groups is 3. The number of aliphatic hydroxyl groups excluding tert-OH is 2. The molecular formula is C6H14O12P2. The fourth-order valence-corrected chi connectivity index (χ4v) is 2.19. The van der Waals surface area contributed by atoms with E-state index < -0.39 is 53.0 Å². The van der Waals surface area contributed by atoms with Crippen LogP contribution in [-0.4, -0.2) is 72.2 Å². The second-order valence-electron chi connectivity index (χ2n) is 4.01. The van der Waals surface area contributed by atoms with Crippen molar-refractivity contribution < 1.29 is 57.8 Å². The molecule has 4 atom stereocenters. The van der Waals surface area contributed by atoms with E-state index in [9.17, 15) is 24.4 Å². The zero-order valence-electron chi connectivity index (χ0n) is 9.71. The fourth-order valence-electron chi connectivity index (χ4n) is 1.47. The standard InChI is InChI=1S/C6H14O12P2/c7-4-3(1-16-19(10,11)12)18-5(8)6(4,9)2-17-20(13,14)15/h3-5,7-9H,1-2H2,(H2,10,11,12)(H2,13,14,15)/t3-,4-,5-,6-/m1/s1. The molecule has 120 valence electrons. The summed E-state index contributed by atoms with van der Waals surface area (Å²) in [7, 11) is -9.83. The van der Waals surface area contributed by atoms with Gasteiger partial charge in [0, 0.05) is 0 Å². The van der Waals surface area contributed by atoms with Gasteiger partial charge < -0.3 is 39.6 Å². The summed E-state index contributed by atoms with van der Waals surface area (Å²) in [5, 5.41) is 28.9. The highest BCUT2D eigenvalue weighted by molar-refractivity contribution is 7.46. The molecular weight excluding hydrogens is 326 g/mol. The van der Waals surface area contributed by atoms with Crippen molar-refractivity contribution in [3.05, 3.63) is 0 Å². The lowest BCUT2D eigenvalue weighted by atomic mass is 9.96. The van der Waals surface area contributed by atoms with Crippen LogP contribution in [0, 0.1) is 0 Å². The Balaban J connectivity index is 2.70. The molecule has 14 heteroatoms. The lowest BCUT2D eigenvalue weighted by Gasteiger charge is -2.27. The van der Waals surface area contributed by atoms with Gasteiger partial charge in [-0.25, -0.2) is 9.13 Å². The van der Waals surface area contributed by atoms with E-state index in [2.05, 4.69) is 13.8 Å². The molecule has 12 nitrogen and oxygen atoms in total.